The Morgan fingerprint density at radius 2 is 1.47 bits per heavy atom. The van der Waals surface area contributed by atoms with Crippen LogP contribution in [-0.2, 0) is 18.4 Å². The SMILES string of the molecule is CCc1ccc(C(C)(O)c2cccc(CC)c2)cc1. The van der Waals surface area contributed by atoms with Crippen LogP contribution in [0.4, 0.5) is 0 Å². The van der Waals surface area contributed by atoms with E-state index in [0.717, 1.165) is 24.0 Å². The normalized spacial score (nSPS) is 14.1. The second-order valence-corrected chi connectivity index (χ2v) is 5.18. The molecule has 0 aromatic heterocycles. The van der Waals surface area contributed by atoms with Gasteiger partial charge in [-0.25, -0.2) is 0 Å². The maximum atomic E-state index is 10.8. The van der Waals surface area contributed by atoms with Gasteiger partial charge in [0.25, 0.3) is 0 Å². The van der Waals surface area contributed by atoms with Crippen LogP contribution >= 0.6 is 0 Å². The quantitative estimate of drug-likeness (QED) is 0.872. The Labute approximate surface area is 115 Å². The number of hydrogen-bond acceptors (Lipinski definition) is 1. The molecule has 1 N–H and O–H groups in total. The molecule has 2 rings (SSSR count). The average Bonchev–Trinajstić information content (AvgIpc) is 2.47. The van der Waals surface area contributed by atoms with Crippen molar-refractivity contribution in [2.45, 2.75) is 39.2 Å². The molecule has 100 valence electrons. The van der Waals surface area contributed by atoms with Crippen molar-refractivity contribution in [3.05, 3.63) is 70.8 Å². The zero-order valence-corrected chi connectivity index (χ0v) is 12.0. The lowest BCUT2D eigenvalue weighted by atomic mass is 9.86. The van der Waals surface area contributed by atoms with Gasteiger partial charge in [-0.2, -0.15) is 0 Å². The van der Waals surface area contributed by atoms with E-state index in [-0.39, 0.29) is 0 Å². The largest absolute Gasteiger partial charge is 0.381 e. The molecule has 0 amide bonds. The van der Waals surface area contributed by atoms with Gasteiger partial charge in [0.2, 0.25) is 0 Å². The van der Waals surface area contributed by atoms with E-state index >= 15 is 0 Å². The molecule has 0 aliphatic carbocycles. The van der Waals surface area contributed by atoms with Gasteiger partial charge < -0.3 is 5.11 Å². The molecule has 0 saturated carbocycles. The summed E-state index contributed by atoms with van der Waals surface area (Å²) in [4.78, 5) is 0. The minimum absolute atomic E-state index is 0.933. The first-order chi connectivity index (χ1) is 9.07. The van der Waals surface area contributed by atoms with Crippen LogP contribution < -0.4 is 0 Å². The van der Waals surface area contributed by atoms with Crippen molar-refractivity contribution in [3.8, 4) is 0 Å². The van der Waals surface area contributed by atoms with Crippen molar-refractivity contribution < 1.29 is 5.11 Å². The van der Waals surface area contributed by atoms with Gasteiger partial charge in [-0.1, -0.05) is 62.4 Å². The van der Waals surface area contributed by atoms with Crippen molar-refractivity contribution in [1.29, 1.82) is 0 Å². The highest BCUT2D eigenvalue weighted by molar-refractivity contribution is 5.38. The monoisotopic (exact) mass is 254 g/mol. The van der Waals surface area contributed by atoms with Crippen LogP contribution in [0, 0.1) is 0 Å². The van der Waals surface area contributed by atoms with Gasteiger partial charge in [-0.05, 0) is 42.0 Å². The highest BCUT2D eigenvalue weighted by Crippen LogP contribution is 2.29. The third-order valence-corrected chi connectivity index (χ3v) is 3.82. The topological polar surface area (TPSA) is 20.2 Å². The number of aryl methyl sites for hydroxylation is 2. The van der Waals surface area contributed by atoms with Gasteiger partial charge in [-0.3, -0.25) is 0 Å². The molecule has 1 nitrogen and oxygen atoms in total. The molecule has 1 unspecified atom stereocenters. The maximum absolute atomic E-state index is 10.8. The number of benzene rings is 2. The Bertz CT molecular complexity index is 538. The fourth-order valence-corrected chi connectivity index (χ4v) is 2.33. The fraction of sp³-hybridized carbons (Fsp3) is 0.333. The molecule has 0 bridgehead atoms. The van der Waals surface area contributed by atoms with E-state index in [0.29, 0.717) is 0 Å². The Balaban J connectivity index is 2.38. The number of rotatable bonds is 4. The molecule has 19 heavy (non-hydrogen) atoms. The molecule has 0 fully saturated rings. The van der Waals surface area contributed by atoms with Gasteiger partial charge in [0.1, 0.15) is 5.60 Å². The zero-order chi connectivity index (χ0) is 13.9. The molecular formula is C18H22O. The summed E-state index contributed by atoms with van der Waals surface area (Å²) >= 11 is 0. The van der Waals surface area contributed by atoms with Crippen LogP contribution in [0.25, 0.3) is 0 Å². The van der Waals surface area contributed by atoms with E-state index in [1.54, 1.807) is 0 Å². The molecule has 1 heteroatoms. The van der Waals surface area contributed by atoms with Gasteiger partial charge in [0, 0.05) is 0 Å². The Kier molecular flexibility index (Phi) is 4.06. The number of aliphatic hydroxyl groups is 1. The van der Waals surface area contributed by atoms with Gasteiger partial charge in [-0.15, -0.1) is 0 Å². The summed E-state index contributed by atoms with van der Waals surface area (Å²) in [5, 5.41) is 10.8. The summed E-state index contributed by atoms with van der Waals surface area (Å²) in [7, 11) is 0. The highest BCUT2D eigenvalue weighted by Gasteiger charge is 2.25. The van der Waals surface area contributed by atoms with Crippen LogP contribution in [0.1, 0.15) is 43.0 Å². The van der Waals surface area contributed by atoms with Gasteiger partial charge >= 0.3 is 0 Å². The third kappa shape index (κ3) is 2.87. The Morgan fingerprint density at radius 1 is 0.842 bits per heavy atom. The Morgan fingerprint density at radius 3 is 2.05 bits per heavy atom. The maximum Gasteiger partial charge on any atom is 0.112 e. The van der Waals surface area contributed by atoms with E-state index in [4.69, 9.17) is 0 Å². The smallest absolute Gasteiger partial charge is 0.112 e. The second kappa shape index (κ2) is 5.58. The lowest BCUT2D eigenvalue weighted by Crippen LogP contribution is -2.22. The van der Waals surface area contributed by atoms with E-state index in [9.17, 15) is 5.11 Å². The predicted octanol–water partition coefficient (Wildman–Crippen LogP) is 4.07. The van der Waals surface area contributed by atoms with Crippen LogP contribution in [0.15, 0.2) is 48.5 Å². The summed E-state index contributed by atoms with van der Waals surface area (Å²) in [6.07, 6.45) is 2.01. The van der Waals surface area contributed by atoms with E-state index in [1.165, 1.54) is 11.1 Å². The first kappa shape index (κ1) is 13.8. The van der Waals surface area contributed by atoms with Crippen molar-refractivity contribution in [1.82, 2.24) is 0 Å². The zero-order valence-electron chi connectivity index (χ0n) is 12.0. The van der Waals surface area contributed by atoms with Crippen molar-refractivity contribution >= 4 is 0 Å². The molecule has 0 heterocycles. The van der Waals surface area contributed by atoms with Crippen LogP contribution in [0.5, 0.6) is 0 Å². The van der Waals surface area contributed by atoms with E-state index in [1.807, 2.05) is 31.2 Å². The van der Waals surface area contributed by atoms with Crippen molar-refractivity contribution in [2.24, 2.45) is 0 Å². The summed E-state index contributed by atoms with van der Waals surface area (Å²) < 4.78 is 0. The highest BCUT2D eigenvalue weighted by atomic mass is 16.3. The molecule has 0 spiro atoms. The minimum atomic E-state index is -0.933. The van der Waals surface area contributed by atoms with Gasteiger partial charge in [0.15, 0.2) is 0 Å². The summed E-state index contributed by atoms with van der Waals surface area (Å²) in [6.45, 7) is 6.13. The molecular weight excluding hydrogens is 232 g/mol. The summed E-state index contributed by atoms with van der Waals surface area (Å²) in [5.41, 5.74) is 3.51. The van der Waals surface area contributed by atoms with E-state index in [2.05, 4.69) is 38.1 Å². The standard InChI is InChI=1S/C18H22O/c1-4-14-9-11-16(12-10-14)18(3,19)17-8-6-7-15(5-2)13-17/h6-13,19H,4-5H2,1-3H3. The summed E-state index contributed by atoms with van der Waals surface area (Å²) in [5.74, 6) is 0. The number of hydrogen-bond donors (Lipinski definition) is 1. The Hall–Kier alpha value is -1.60. The first-order valence-electron chi connectivity index (χ1n) is 6.99. The molecule has 2 aromatic carbocycles. The third-order valence-electron chi connectivity index (χ3n) is 3.82. The molecule has 0 aliphatic rings. The molecule has 0 radical (unpaired) electrons. The predicted molar refractivity (Wildman–Crippen MR) is 80.3 cm³/mol. The lowest BCUT2D eigenvalue weighted by molar-refractivity contribution is 0.102. The van der Waals surface area contributed by atoms with E-state index < -0.39 is 5.60 Å². The second-order valence-electron chi connectivity index (χ2n) is 5.18. The van der Waals surface area contributed by atoms with Crippen LogP contribution in [-0.4, -0.2) is 5.11 Å². The molecule has 0 saturated heterocycles. The van der Waals surface area contributed by atoms with Crippen molar-refractivity contribution in [3.63, 3.8) is 0 Å². The molecule has 1 atom stereocenters. The van der Waals surface area contributed by atoms with Crippen LogP contribution in [0.3, 0.4) is 0 Å². The van der Waals surface area contributed by atoms with Crippen LogP contribution in [0.2, 0.25) is 0 Å². The minimum Gasteiger partial charge on any atom is -0.381 e. The molecule has 0 aliphatic heterocycles. The summed E-state index contributed by atoms with van der Waals surface area (Å²) in [6, 6.07) is 16.4. The lowest BCUT2D eigenvalue weighted by Gasteiger charge is -2.25. The first-order valence-corrected chi connectivity index (χ1v) is 6.99. The average molecular weight is 254 g/mol. The molecule has 2 aromatic rings. The van der Waals surface area contributed by atoms with Gasteiger partial charge in [0.05, 0.1) is 0 Å². The fourth-order valence-electron chi connectivity index (χ4n) is 2.33. The van der Waals surface area contributed by atoms with Crippen molar-refractivity contribution in [2.75, 3.05) is 0 Å².